The van der Waals surface area contributed by atoms with Crippen LogP contribution in [0.1, 0.15) is 37.8 Å². The van der Waals surface area contributed by atoms with Crippen LogP contribution in [0.5, 0.6) is 0 Å². The molecule has 0 amide bonds. The number of nitrogens with zero attached hydrogens (tertiary/aromatic N) is 3. The molecule has 4 rings (SSSR count). The van der Waals surface area contributed by atoms with Crippen molar-refractivity contribution < 1.29 is 19.1 Å². The Morgan fingerprint density at radius 2 is 1.81 bits per heavy atom. The molecule has 0 aliphatic rings. The molecule has 0 saturated carbocycles. The van der Waals surface area contributed by atoms with E-state index in [0.717, 1.165) is 11.6 Å². The van der Waals surface area contributed by atoms with Gasteiger partial charge < -0.3 is 9.67 Å². The summed E-state index contributed by atoms with van der Waals surface area (Å²) < 4.78 is 14.9. The SMILES string of the molecule is O=C(C=C(O)c1nc[nH]n1)c1cc(C(=O)c2ccccc2)n(Cc2ccc(F)cc2)c1. The molecule has 0 aliphatic carbocycles. The molecule has 7 nitrogen and oxygen atoms in total. The third-order valence-electron chi connectivity index (χ3n) is 4.63. The fourth-order valence-corrected chi connectivity index (χ4v) is 3.09. The van der Waals surface area contributed by atoms with Gasteiger partial charge in [0.05, 0.1) is 5.69 Å². The van der Waals surface area contributed by atoms with Crippen molar-refractivity contribution in [3.8, 4) is 0 Å². The van der Waals surface area contributed by atoms with Gasteiger partial charge in [0, 0.05) is 29.9 Å². The van der Waals surface area contributed by atoms with Crippen LogP contribution < -0.4 is 0 Å². The number of rotatable bonds is 7. The van der Waals surface area contributed by atoms with Crippen LogP contribution in [-0.4, -0.2) is 36.4 Å². The molecule has 2 aromatic heterocycles. The molecule has 0 aliphatic heterocycles. The highest BCUT2D eigenvalue weighted by atomic mass is 19.1. The minimum atomic E-state index is -0.512. The van der Waals surface area contributed by atoms with Crippen molar-refractivity contribution >= 4 is 17.3 Å². The molecule has 0 fully saturated rings. The summed E-state index contributed by atoms with van der Waals surface area (Å²) in [7, 11) is 0. The Morgan fingerprint density at radius 3 is 2.48 bits per heavy atom. The largest absolute Gasteiger partial charge is 0.504 e. The zero-order valence-electron chi connectivity index (χ0n) is 16.2. The Balaban J connectivity index is 1.70. The Morgan fingerprint density at radius 1 is 1.06 bits per heavy atom. The van der Waals surface area contributed by atoms with E-state index in [1.165, 1.54) is 30.7 Å². The van der Waals surface area contributed by atoms with E-state index in [1.54, 1.807) is 47.0 Å². The maximum Gasteiger partial charge on any atom is 0.215 e. The predicted molar refractivity (Wildman–Crippen MR) is 111 cm³/mol. The van der Waals surface area contributed by atoms with Crippen molar-refractivity contribution in [2.75, 3.05) is 0 Å². The summed E-state index contributed by atoms with van der Waals surface area (Å²) in [6, 6.07) is 16.1. The Hall–Kier alpha value is -4.33. The van der Waals surface area contributed by atoms with Crippen LogP contribution in [0.4, 0.5) is 4.39 Å². The quantitative estimate of drug-likeness (QED) is 0.271. The number of benzene rings is 2. The van der Waals surface area contributed by atoms with Crippen LogP contribution in [0.15, 0.2) is 79.3 Å². The predicted octanol–water partition coefficient (Wildman–Crippen LogP) is 3.81. The molecule has 0 bridgehead atoms. The molecule has 0 saturated heterocycles. The number of carbonyl (C=O) groups excluding carboxylic acids is 2. The molecular weight excluding hydrogens is 399 g/mol. The molecule has 154 valence electrons. The second-order valence-electron chi connectivity index (χ2n) is 6.78. The molecule has 0 spiro atoms. The van der Waals surface area contributed by atoms with Gasteiger partial charge in [0.25, 0.3) is 0 Å². The summed E-state index contributed by atoms with van der Waals surface area (Å²) in [6.07, 6.45) is 3.81. The van der Waals surface area contributed by atoms with Crippen molar-refractivity contribution in [2.24, 2.45) is 0 Å². The maximum absolute atomic E-state index is 13.3. The number of halogens is 1. The van der Waals surface area contributed by atoms with Crippen LogP contribution in [-0.2, 0) is 6.54 Å². The zero-order chi connectivity index (χ0) is 21.8. The third kappa shape index (κ3) is 4.48. The van der Waals surface area contributed by atoms with E-state index in [0.29, 0.717) is 11.3 Å². The first-order valence-corrected chi connectivity index (χ1v) is 9.37. The highest BCUT2D eigenvalue weighted by Gasteiger charge is 2.19. The van der Waals surface area contributed by atoms with Crippen molar-refractivity contribution in [1.82, 2.24) is 19.7 Å². The van der Waals surface area contributed by atoms with Crippen molar-refractivity contribution in [1.29, 1.82) is 0 Å². The average Bonchev–Trinajstić information content (AvgIpc) is 3.46. The molecule has 0 atom stereocenters. The number of allylic oxidation sites excluding steroid dienone is 1. The average molecular weight is 416 g/mol. The third-order valence-corrected chi connectivity index (χ3v) is 4.63. The number of aliphatic hydroxyl groups excluding tert-OH is 1. The lowest BCUT2D eigenvalue weighted by atomic mass is 10.1. The second kappa shape index (κ2) is 8.58. The van der Waals surface area contributed by atoms with Crippen LogP contribution in [0.2, 0.25) is 0 Å². The zero-order valence-corrected chi connectivity index (χ0v) is 16.2. The number of hydrogen-bond donors (Lipinski definition) is 2. The van der Waals surface area contributed by atoms with Crippen molar-refractivity contribution in [3.63, 3.8) is 0 Å². The van der Waals surface area contributed by atoms with E-state index in [9.17, 15) is 19.1 Å². The van der Waals surface area contributed by atoms with E-state index in [4.69, 9.17) is 0 Å². The van der Waals surface area contributed by atoms with Gasteiger partial charge >= 0.3 is 0 Å². The number of aromatic amines is 1. The lowest BCUT2D eigenvalue weighted by Gasteiger charge is -2.09. The number of nitrogens with one attached hydrogen (secondary N) is 1. The van der Waals surface area contributed by atoms with E-state index in [1.807, 2.05) is 0 Å². The van der Waals surface area contributed by atoms with Gasteiger partial charge in [-0.25, -0.2) is 9.37 Å². The van der Waals surface area contributed by atoms with Crippen molar-refractivity contribution in [2.45, 2.75) is 6.54 Å². The summed E-state index contributed by atoms with van der Waals surface area (Å²) in [5.74, 6) is -1.54. The molecule has 31 heavy (non-hydrogen) atoms. The minimum absolute atomic E-state index is 0.0142. The summed E-state index contributed by atoms with van der Waals surface area (Å²) in [4.78, 5) is 29.6. The van der Waals surface area contributed by atoms with Gasteiger partial charge in [-0.2, -0.15) is 5.10 Å². The highest BCUT2D eigenvalue weighted by Crippen LogP contribution is 2.18. The lowest BCUT2D eigenvalue weighted by molar-refractivity contribution is 0.102. The topological polar surface area (TPSA) is 101 Å². The fraction of sp³-hybridized carbons (Fsp3) is 0.0435. The first-order valence-electron chi connectivity index (χ1n) is 9.37. The van der Waals surface area contributed by atoms with Crippen LogP contribution >= 0.6 is 0 Å². The lowest BCUT2D eigenvalue weighted by Crippen LogP contribution is -2.10. The Kier molecular flexibility index (Phi) is 5.53. The molecule has 8 heteroatoms. The Labute approximate surface area is 176 Å². The Bertz CT molecular complexity index is 1240. The van der Waals surface area contributed by atoms with Gasteiger partial charge in [-0.3, -0.25) is 14.7 Å². The summed E-state index contributed by atoms with van der Waals surface area (Å²) in [5, 5.41) is 16.2. The smallest absolute Gasteiger partial charge is 0.215 e. The number of H-pyrrole nitrogens is 1. The van der Waals surface area contributed by atoms with E-state index in [-0.39, 0.29) is 29.5 Å². The van der Waals surface area contributed by atoms with E-state index < -0.39 is 11.5 Å². The molecule has 2 heterocycles. The van der Waals surface area contributed by atoms with Crippen LogP contribution in [0, 0.1) is 5.82 Å². The summed E-state index contributed by atoms with van der Waals surface area (Å²) in [6.45, 7) is 0.262. The van der Waals surface area contributed by atoms with Crippen LogP contribution in [0.25, 0.3) is 5.76 Å². The monoisotopic (exact) mass is 416 g/mol. The van der Waals surface area contributed by atoms with Gasteiger partial charge in [-0.1, -0.05) is 42.5 Å². The summed E-state index contributed by atoms with van der Waals surface area (Å²) in [5.41, 5.74) is 1.74. The van der Waals surface area contributed by atoms with E-state index in [2.05, 4.69) is 15.2 Å². The molecule has 2 aromatic carbocycles. The van der Waals surface area contributed by atoms with Gasteiger partial charge in [0.15, 0.2) is 11.5 Å². The molecule has 2 N–H and O–H groups in total. The molecule has 0 radical (unpaired) electrons. The minimum Gasteiger partial charge on any atom is -0.504 e. The van der Waals surface area contributed by atoms with Gasteiger partial charge in [-0.05, 0) is 23.8 Å². The second-order valence-corrected chi connectivity index (χ2v) is 6.78. The van der Waals surface area contributed by atoms with Crippen LogP contribution in [0.3, 0.4) is 0 Å². The van der Waals surface area contributed by atoms with Crippen molar-refractivity contribution in [3.05, 3.63) is 113 Å². The molecule has 0 unspecified atom stereocenters. The molecular formula is C23H17FN4O3. The number of hydrogen-bond acceptors (Lipinski definition) is 5. The number of carbonyl (C=O) groups is 2. The fourth-order valence-electron chi connectivity index (χ4n) is 3.09. The van der Waals surface area contributed by atoms with E-state index >= 15 is 0 Å². The first kappa shape index (κ1) is 20.0. The molecule has 4 aromatic rings. The van der Waals surface area contributed by atoms with Gasteiger partial charge in [0.1, 0.15) is 12.1 Å². The summed E-state index contributed by atoms with van der Waals surface area (Å²) >= 11 is 0. The highest BCUT2D eigenvalue weighted by molar-refractivity contribution is 6.12. The standard InChI is InChI=1S/C23H17FN4O3/c24-18-8-6-15(7-9-18)12-28-13-17(20(29)11-21(30)23-25-14-26-27-23)10-19(28)22(31)16-4-2-1-3-5-16/h1-11,13-14,30H,12H2,(H,25,26,27). The first-order chi connectivity index (χ1) is 15.0. The number of ketones is 2. The van der Waals surface area contributed by atoms with Gasteiger partial charge in [-0.15, -0.1) is 0 Å². The number of aromatic nitrogens is 4. The maximum atomic E-state index is 13.3. The van der Waals surface area contributed by atoms with Gasteiger partial charge in [0.2, 0.25) is 11.6 Å². The number of aliphatic hydroxyl groups is 1. The normalized spacial score (nSPS) is 11.5.